The van der Waals surface area contributed by atoms with Crippen LogP contribution in [0.25, 0.3) is 0 Å². The smallest absolute Gasteiger partial charge is 0.321 e. The molecule has 2 N–H and O–H groups in total. The van der Waals surface area contributed by atoms with E-state index in [0.717, 1.165) is 11.1 Å². The van der Waals surface area contributed by atoms with E-state index in [4.69, 9.17) is 9.79 Å². The van der Waals surface area contributed by atoms with Crippen LogP contribution in [0.15, 0.2) is 22.5 Å². The molecule has 0 aromatic heterocycles. The molecule has 14 heavy (non-hydrogen) atoms. The van der Waals surface area contributed by atoms with Gasteiger partial charge in [-0.2, -0.15) is 0 Å². The average molecular weight is 218 g/mol. The molecule has 0 aliphatic rings. The molecule has 3 nitrogen and oxygen atoms in total. The molecule has 0 bridgehead atoms. The van der Waals surface area contributed by atoms with Crippen LogP contribution in [0.2, 0.25) is 0 Å². The first-order chi connectivity index (χ1) is 6.32. The summed E-state index contributed by atoms with van der Waals surface area (Å²) in [6, 6.07) is 0. The van der Waals surface area contributed by atoms with E-state index in [-0.39, 0.29) is 5.31 Å². The van der Waals surface area contributed by atoms with Crippen molar-refractivity contribution in [1.82, 2.24) is 0 Å². The lowest BCUT2D eigenvalue weighted by Crippen LogP contribution is -1.91. The Hall–Kier alpha value is -0.370. The van der Waals surface area contributed by atoms with Crippen molar-refractivity contribution in [3.05, 3.63) is 22.5 Å². The predicted octanol–water partition coefficient (Wildman–Crippen LogP) is 3.20. The fourth-order valence-electron chi connectivity index (χ4n) is 1.36. The van der Waals surface area contributed by atoms with Crippen LogP contribution in [0.3, 0.4) is 0 Å². The topological polar surface area (TPSA) is 57.5 Å². The van der Waals surface area contributed by atoms with E-state index in [1.165, 1.54) is 0 Å². The highest BCUT2D eigenvalue weighted by Gasteiger charge is 2.21. The Balaban J connectivity index is 5.36. The molecule has 0 aliphatic carbocycles. The molecule has 0 spiro atoms. The van der Waals surface area contributed by atoms with Gasteiger partial charge in [-0.15, -0.1) is 0 Å². The minimum atomic E-state index is -4.07. The highest BCUT2D eigenvalue weighted by Crippen LogP contribution is 2.49. The van der Waals surface area contributed by atoms with E-state index in [9.17, 15) is 4.57 Å². The zero-order valence-corrected chi connectivity index (χ0v) is 10.1. The normalized spacial score (nSPS) is 13.6. The molecule has 0 unspecified atom stereocenters. The Morgan fingerprint density at radius 2 is 1.71 bits per heavy atom. The molecule has 0 amide bonds. The van der Waals surface area contributed by atoms with Crippen LogP contribution in [-0.2, 0) is 4.57 Å². The van der Waals surface area contributed by atoms with Gasteiger partial charge in [0, 0.05) is 5.31 Å². The molecule has 0 aromatic carbocycles. The van der Waals surface area contributed by atoms with E-state index in [2.05, 4.69) is 0 Å². The lowest BCUT2D eigenvalue weighted by molar-refractivity contribution is 0.380. The van der Waals surface area contributed by atoms with Crippen molar-refractivity contribution in [3.8, 4) is 0 Å². The molecule has 0 saturated heterocycles. The van der Waals surface area contributed by atoms with Crippen LogP contribution in [0.4, 0.5) is 0 Å². The quantitative estimate of drug-likeness (QED) is 0.562. The van der Waals surface area contributed by atoms with Crippen molar-refractivity contribution >= 4 is 7.60 Å². The summed E-state index contributed by atoms with van der Waals surface area (Å²) in [7, 11) is -4.07. The van der Waals surface area contributed by atoms with Gasteiger partial charge in [-0.25, -0.2) is 0 Å². The minimum Gasteiger partial charge on any atom is -0.321 e. The Labute approximate surface area is 85.7 Å². The molecule has 0 aliphatic heterocycles. The molecule has 0 radical (unpaired) electrons. The summed E-state index contributed by atoms with van der Waals surface area (Å²) in [6.07, 6.45) is 2.90. The van der Waals surface area contributed by atoms with E-state index in [0.29, 0.717) is 12.8 Å². The van der Waals surface area contributed by atoms with Crippen molar-refractivity contribution in [2.75, 3.05) is 0 Å². The van der Waals surface area contributed by atoms with Crippen molar-refractivity contribution in [2.45, 2.75) is 40.5 Å². The average Bonchev–Trinajstić information content (AvgIpc) is 2.00. The fourth-order valence-corrected chi connectivity index (χ4v) is 2.37. The number of rotatable bonds is 4. The van der Waals surface area contributed by atoms with Crippen LogP contribution in [-0.4, -0.2) is 9.79 Å². The van der Waals surface area contributed by atoms with Gasteiger partial charge in [0.25, 0.3) is 0 Å². The second-order valence-corrected chi connectivity index (χ2v) is 5.07. The SMILES string of the molecule is CC/C(C=C(C)C)=C(/CC)P(=O)(O)O. The van der Waals surface area contributed by atoms with Gasteiger partial charge in [0.05, 0.1) is 0 Å². The maximum absolute atomic E-state index is 11.2. The number of allylic oxidation sites excluding steroid dienone is 4. The summed E-state index contributed by atoms with van der Waals surface area (Å²) < 4.78 is 11.2. The Morgan fingerprint density at radius 3 is 1.93 bits per heavy atom. The molecule has 0 aromatic rings. The molecule has 0 saturated carbocycles. The zero-order valence-electron chi connectivity index (χ0n) is 9.24. The molecule has 0 fully saturated rings. The van der Waals surface area contributed by atoms with Crippen molar-refractivity contribution in [2.24, 2.45) is 0 Å². The standard InChI is InChI=1S/C10H19O3P/c1-5-9(7-8(3)4)10(6-2)14(11,12)13/h7H,5-6H2,1-4H3,(H2,11,12,13)/b10-9+. The highest BCUT2D eigenvalue weighted by molar-refractivity contribution is 7.56. The number of hydrogen-bond acceptors (Lipinski definition) is 1. The first-order valence-electron chi connectivity index (χ1n) is 4.75. The second kappa shape index (κ2) is 5.50. The zero-order chi connectivity index (χ0) is 11.4. The van der Waals surface area contributed by atoms with Crippen LogP contribution in [0.1, 0.15) is 40.5 Å². The lowest BCUT2D eigenvalue weighted by Gasteiger charge is -2.11. The van der Waals surface area contributed by atoms with Gasteiger partial charge in [0.2, 0.25) is 0 Å². The van der Waals surface area contributed by atoms with Gasteiger partial charge in [0.1, 0.15) is 0 Å². The molecular formula is C10H19O3P. The maximum atomic E-state index is 11.2. The van der Waals surface area contributed by atoms with Gasteiger partial charge in [-0.3, -0.25) is 4.57 Å². The molecular weight excluding hydrogens is 199 g/mol. The van der Waals surface area contributed by atoms with E-state index < -0.39 is 7.60 Å². The first-order valence-corrected chi connectivity index (χ1v) is 6.37. The monoisotopic (exact) mass is 218 g/mol. The van der Waals surface area contributed by atoms with Crippen LogP contribution in [0.5, 0.6) is 0 Å². The third-order valence-corrected chi connectivity index (χ3v) is 3.21. The summed E-state index contributed by atoms with van der Waals surface area (Å²) in [5.74, 6) is 0. The summed E-state index contributed by atoms with van der Waals surface area (Å²) in [4.78, 5) is 18.2. The maximum Gasteiger partial charge on any atom is 0.352 e. The van der Waals surface area contributed by atoms with Gasteiger partial charge in [0.15, 0.2) is 0 Å². The van der Waals surface area contributed by atoms with Crippen LogP contribution < -0.4 is 0 Å². The Kier molecular flexibility index (Phi) is 5.35. The molecule has 82 valence electrons. The number of hydrogen-bond donors (Lipinski definition) is 2. The van der Waals surface area contributed by atoms with E-state index in [1.54, 1.807) is 6.92 Å². The van der Waals surface area contributed by atoms with Gasteiger partial charge in [-0.05, 0) is 32.3 Å². The van der Waals surface area contributed by atoms with Gasteiger partial charge in [-0.1, -0.05) is 25.5 Å². The third kappa shape index (κ3) is 4.23. The Bertz CT molecular complexity index is 292. The van der Waals surface area contributed by atoms with Gasteiger partial charge < -0.3 is 9.79 Å². The van der Waals surface area contributed by atoms with Crippen molar-refractivity contribution in [3.63, 3.8) is 0 Å². The minimum absolute atomic E-state index is 0.265. The molecule has 4 heteroatoms. The third-order valence-electron chi connectivity index (χ3n) is 1.90. The highest BCUT2D eigenvalue weighted by atomic mass is 31.2. The van der Waals surface area contributed by atoms with Crippen molar-refractivity contribution in [1.29, 1.82) is 0 Å². The second-order valence-electron chi connectivity index (χ2n) is 3.44. The predicted molar refractivity (Wildman–Crippen MR) is 59.1 cm³/mol. The summed E-state index contributed by atoms with van der Waals surface area (Å²) in [5.41, 5.74) is 1.82. The summed E-state index contributed by atoms with van der Waals surface area (Å²) in [5, 5.41) is 0.265. The molecule has 0 rings (SSSR count). The molecule has 0 atom stereocenters. The summed E-state index contributed by atoms with van der Waals surface area (Å²) >= 11 is 0. The first kappa shape index (κ1) is 13.6. The largest absolute Gasteiger partial charge is 0.352 e. The van der Waals surface area contributed by atoms with E-state index >= 15 is 0 Å². The van der Waals surface area contributed by atoms with Crippen molar-refractivity contribution < 1.29 is 14.4 Å². The van der Waals surface area contributed by atoms with Gasteiger partial charge >= 0.3 is 7.60 Å². The van der Waals surface area contributed by atoms with E-state index in [1.807, 2.05) is 26.8 Å². The van der Waals surface area contributed by atoms with Crippen LogP contribution in [0, 0.1) is 0 Å². The fraction of sp³-hybridized carbons (Fsp3) is 0.600. The Morgan fingerprint density at radius 1 is 1.21 bits per heavy atom. The van der Waals surface area contributed by atoms with Crippen LogP contribution >= 0.6 is 7.60 Å². The summed E-state index contributed by atoms with van der Waals surface area (Å²) in [6.45, 7) is 7.51. The lowest BCUT2D eigenvalue weighted by atomic mass is 10.1. The molecule has 0 heterocycles.